The number of benzene rings is 1. The van der Waals surface area contributed by atoms with Crippen LogP contribution in [0.3, 0.4) is 0 Å². The highest BCUT2D eigenvalue weighted by atomic mass is 16.5. The second-order valence-electron chi connectivity index (χ2n) is 5.70. The third kappa shape index (κ3) is 3.95. The van der Waals surface area contributed by atoms with Crippen LogP contribution < -0.4 is 10.6 Å². The number of ether oxygens (including phenoxy) is 1. The van der Waals surface area contributed by atoms with E-state index in [1.165, 1.54) is 11.3 Å². The van der Waals surface area contributed by atoms with Gasteiger partial charge in [-0.3, -0.25) is 0 Å². The maximum absolute atomic E-state index is 6.00. The molecule has 1 aromatic rings. The van der Waals surface area contributed by atoms with Gasteiger partial charge < -0.3 is 15.4 Å². The molecule has 0 aliphatic carbocycles. The molecular formula is C16H26N2O. The summed E-state index contributed by atoms with van der Waals surface area (Å²) < 4.78 is 5.77. The van der Waals surface area contributed by atoms with Crippen molar-refractivity contribution in [3.8, 4) is 0 Å². The predicted molar refractivity (Wildman–Crippen MR) is 80.6 cm³/mol. The van der Waals surface area contributed by atoms with E-state index in [9.17, 15) is 0 Å². The monoisotopic (exact) mass is 262 g/mol. The fourth-order valence-corrected chi connectivity index (χ4v) is 2.68. The molecule has 3 heteroatoms. The average Bonchev–Trinajstić information content (AvgIpc) is 2.38. The van der Waals surface area contributed by atoms with E-state index in [4.69, 9.17) is 10.5 Å². The Balaban J connectivity index is 2.01. The lowest BCUT2D eigenvalue weighted by molar-refractivity contribution is -0.00521. The molecule has 1 heterocycles. The van der Waals surface area contributed by atoms with Gasteiger partial charge in [0.15, 0.2) is 0 Å². The molecule has 19 heavy (non-hydrogen) atoms. The van der Waals surface area contributed by atoms with Crippen LogP contribution in [0.5, 0.6) is 0 Å². The fraction of sp³-hybridized carbons (Fsp3) is 0.625. The Hall–Kier alpha value is -1.06. The number of hydrogen-bond donors (Lipinski definition) is 1. The van der Waals surface area contributed by atoms with Gasteiger partial charge in [0, 0.05) is 24.8 Å². The second kappa shape index (κ2) is 6.40. The molecule has 1 fully saturated rings. The minimum absolute atomic E-state index is 0.272. The van der Waals surface area contributed by atoms with Gasteiger partial charge in [-0.2, -0.15) is 0 Å². The van der Waals surface area contributed by atoms with E-state index in [0.29, 0.717) is 12.2 Å². The molecule has 3 atom stereocenters. The Kier molecular flexibility index (Phi) is 4.83. The molecule has 3 nitrogen and oxygen atoms in total. The molecule has 1 aromatic carbocycles. The van der Waals surface area contributed by atoms with E-state index in [2.05, 4.69) is 49.9 Å². The zero-order valence-corrected chi connectivity index (χ0v) is 12.3. The summed E-state index contributed by atoms with van der Waals surface area (Å²) in [6, 6.07) is 9.10. The molecule has 2 N–H and O–H groups in total. The van der Waals surface area contributed by atoms with Crippen LogP contribution in [-0.4, -0.2) is 31.3 Å². The molecular weight excluding hydrogens is 236 g/mol. The SMILES string of the molecule is CCC(N)Cc1ccc(N2CC(C)OC(C)C2)cc1. The highest BCUT2D eigenvalue weighted by Gasteiger charge is 2.22. The van der Waals surface area contributed by atoms with Crippen molar-refractivity contribution in [3.05, 3.63) is 29.8 Å². The van der Waals surface area contributed by atoms with Crippen molar-refractivity contribution in [1.82, 2.24) is 0 Å². The zero-order chi connectivity index (χ0) is 13.8. The van der Waals surface area contributed by atoms with Crippen LogP contribution >= 0.6 is 0 Å². The first-order chi connectivity index (χ1) is 9.08. The molecule has 1 saturated heterocycles. The minimum Gasteiger partial charge on any atom is -0.372 e. The van der Waals surface area contributed by atoms with Crippen LogP contribution in [0, 0.1) is 0 Å². The first-order valence-corrected chi connectivity index (χ1v) is 7.33. The predicted octanol–water partition coefficient (Wildman–Crippen LogP) is 2.58. The van der Waals surface area contributed by atoms with Gasteiger partial charge in [-0.15, -0.1) is 0 Å². The number of hydrogen-bond acceptors (Lipinski definition) is 3. The zero-order valence-electron chi connectivity index (χ0n) is 12.3. The van der Waals surface area contributed by atoms with Gasteiger partial charge in [-0.05, 0) is 44.4 Å². The topological polar surface area (TPSA) is 38.5 Å². The Morgan fingerprint density at radius 2 is 1.79 bits per heavy atom. The van der Waals surface area contributed by atoms with E-state index < -0.39 is 0 Å². The van der Waals surface area contributed by atoms with Gasteiger partial charge in [-0.25, -0.2) is 0 Å². The highest BCUT2D eigenvalue weighted by molar-refractivity contribution is 5.48. The van der Waals surface area contributed by atoms with Crippen LogP contribution in [-0.2, 0) is 11.2 Å². The largest absolute Gasteiger partial charge is 0.372 e. The van der Waals surface area contributed by atoms with E-state index in [1.54, 1.807) is 0 Å². The number of morpholine rings is 1. The van der Waals surface area contributed by atoms with Crippen LogP contribution in [0.2, 0.25) is 0 Å². The lowest BCUT2D eigenvalue weighted by Crippen LogP contribution is -2.45. The maximum Gasteiger partial charge on any atom is 0.0726 e. The van der Waals surface area contributed by atoms with Crippen molar-refractivity contribution in [2.24, 2.45) is 5.73 Å². The van der Waals surface area contributed by atoms with Crippen LogP contribution in [0.1, 0.15) is 32.8 Å². The Bertz CT molecular complexity index is 380. The lowest BCUT2D eigenvalue weighted by Gasteiger charge is -2.37. The smallest absolute Gasteiger partial charge is 0.0726 e. The van der Waals surface area contributed by atoms with Crippen molar-refractivity contribution in [1.29, 1.82) is 0 Å². The number of nitrogens with zero attached hydrogens (tertiary/aromatic N) is 1. The third-order valence-corrected chi connectivity index (χ3v) is 3.74. The lowest BCUT2D eigenvalue weighted by atomic mass is 10.0. The molecule has 1 aliphatic heterocycles. The molecule has 1 aliphatic rings. The number of nitrogens with two attached hydrogens (primary N) is 1. The van der Waals surface area contributed by atoms with Gasteiger partial charge in [-0.1, -0.05) is 19.1 Å². The van der Waals surface area contributed by atoms with Crippen molar-refractivity contribution in [3.63, 3.8) is 0 Å². The molecule has 0 spiro atoms. The number of anilines is 1. The summed E-state index contributed by atoms with van der Waals surface area (Å²) in [5.41, 5.74) is 8.61. The quantitative estimate of drug-likeness (QED) is 0.906. The highest BCUT2D eigenvalue weighted by Crippen LogP contribution is 2.21. The Morgan fingerprint density at radius 3 is 2.32 bits per heavy atom. The van der Waals surface area contributed by atoms with E-state index in [0.717, 1.165) is 25.9 Å². The molecule has 0 bridgehead atoms. The van der Waals surface area contributed by atoms with Gasteiger partial charge in [0.25, 0.3) is 0 Å². The first kappa shape index (κ1) is 14.4. The summed E-state index contributed by atoms with van der Waals surface area (Å²) in [6.07, 6.45) is 2.60. The van der Waals surface area contributed by atoms with E-state index >= 15 is 0 Å². The Morgan fingerprint density at radius 1 is 1.21 bits per heavy atom. The van der Waals surface area contributed by atoms with Crippen LogP contribution in [0.25, 0.3) is 0 Å². The third-order valence-electron chi connectivity index (χ3n) is 3.74. The molecule has 0 aromatic heterocycles. The number of rotatable bonds is 4. The minimum atomic E-state index is 0.272. The molecule has 3 unspecified atom stereocenters. The summed E-state index contributed by atoms with van der Waals surface area (Å²) in [7, 11) is 0. The maximum atomic E-state index is 6.00. The van der Waals surface area contributed by atoms with Gasteiger partial charge in [0.1, 0.15) is 0 Å². The molecule has 0 saturated carbocycles. The molecule has 2 rings (SSSR count). The normalized spacial score (nSPS) is 25.4. The van der Waals surface area contributed by atoms with Crippen LogP contribution in [0.4, 0.5) is 5.69 Å². The van der Waals surface area contributed by atoms with Crippen molar-refractivity contribution in [2.75, 3.05) is 18.0 Å². The summed E-state index contributed by atoms with van der Waals surface area (Å²) in [6.45, 7) is 8.35. The van der Waals surface area contributed by atoms with Gasteiger partial charge in [0.05, 0.1) is 12.2 Å². The summed E-state index contributed by atoms with van der Waals surface area (Å²) in [5, 5.41) is 0. The van der Waals surface area contributed by atoms with E-state index in [-0.39, 0.29) is 6.04 Å². The van der Waals surface area contributed by atoms with Crippen molar-refractivity contribution < 1.29 is 4.74 Å². The van der Waals surface area contributed by atoms with E-state index in [1.807, 2.05) is 0 Å². The fourth-order valence-electron chi connectivity index (χ4n) is 2.68. The first-order valence-electron chi connectivity index (χ1n) is 7.33. The van der Waals surface area contributed by atoms with Gasteiger partial charge >= 0.3 is 0 Å². The summed E-state index contributed by atoms with van der Waals surface area (Å²) in [4.78, 5) is 2.41. The summed E-state index contributed by atoms with van der Waals surface area (Å²) in [5.74, 6) is 0. The molecule has 0 radical (unpaired) electrons. The van der Waals surface area contributed by atoms with Crippen LogP contribution in [0.15, 0.2) is 24.3 Å². The molecule has 106 valence electrons. The standard InChI is InChI=1S/C16H26N2O/c1-4-15(17)9-14-5-7-16(8-6-14)18-10-12(2)19-13(3)11-18/h5-8,12-13,15H,4,9-11,17H2,1-3H3. The Labute approximate surface area is 116 Å². The van der Waals surface area contributed by atoms with Crippen molar-refractivity contribution >= 4 is 5.69 Å². The average molecular weight is 262 g/mol. The second-order valence-corrected chi connectivity index (χ2v) is 5.70. The molecule has 0 amide bonds. The summed E-state index contributed by atoms with van der Waals surface area (Å²) >= 11 is 0. The van der Waals surface area contributed by atoms with Crippen molar-refractivity contribution in [2.45, 2.75) is 51.9 Å². The van der Waals surface area contributed by atoms with Gasteiger partial charge in [0.2, 0.25) is 0 Å².